The highest BCUT2D eigenvalue weighted by Gasteiger charge is 2.01. The highest BCUT2D eigenvalue weighted by atomic mass is 16.5. The van der Waals surface area contributed by atoms with E-state index in [1.54, 1.807) is 12.1 Å². The summed E-state index contributed by atoms with van der Waals surface area (Å²) >= 11 is 0. The summed E-state index contributed by atoms with van der Waals surface area (Å²) in [5.74, 6) is 0.272. The molecule has 0 saturated heterocycles. The monoisotopic (exact) mass is 179 g/mol. The molecular formula is C10H13NO2. The van der Waals surface area contributed by atoms with E-state index in [2.05, 4.69) is 5.32 Å². The molecule has 0 spiro atoms. The average molecular weight is 179 g/mol. The van der Waals surface area contributed by atoms with E-state index in [9.17, 15) is 4.79 Å². The van der Waals surface area contributed by atoms with Crippen molar-refractivity contribution >= 4 is 11.7 Å². The van der Waals surface area contributed by atoms with Crippen molar-refractivity contribution in [3.63, 3.8) is 0 Å². The molecule has 0 aliphatic heterocycles. The minimum absolute atomic E-state index is 0.300. The summed E-state index contributed by atoms with van der Waals surface area (Å²) in [7, 11) is 1.83. The SMILES string of the molecule is CNc1cc(OC(C)=O)ccc1C. The summed E-state index contributed by atoms with van der Waals surface area (Å²) in [5, 5.41) is 3.02. The molecule has 1 aromatic rings. The number of ether oxygens (including phenoxy) is 1. The standard InChI is InChI=1S/C10H13NO2/c1-7-4-5-9(13-8(2)12)6-10(7)11-3/h4-6,11H,1-3H3. The lowest BCUT2D eigenvalue weighted by atomic mass is 10.2. The summed E-state index contributed by atoms with van der Waals surface area (Å²) in [6.07, 6.45) is 0. The van der Waals surface area contributed by atoms with Crippen molar-refractivity contribution in [1.29, 1.82) is 0 Å². The number of rotatable bonds is 2. The van der Waals surface area contributed by atoms with Crippen LogP contribution in [0.5, 0.6) is 5.75 Å². The molecule has 3 nitrogen and oxygen atoms in total. The second-order valence-corrected chi connectivity index (χ2v) is 2.82. The molecule has 0 aliphatic rings. The minimum Gasteiger partial charge on any atom is -0.427 e. The first-order valence-corrected chi connectivity index (χ1v) is 4.10. The third-order valence-corrected chi connectivity index (χ3v) is 1.74. The molecule has 0 amide bonds. The minimum atomic E-state index is -0.300. The van der Waals surface area contributed by atoms with Crippen LogP contribution >= 0.6 is 0 Å². The number of anilines is 1. The fourth-order valence-corrected chi connectivity index (χ4v) is 1.10. The Morgan fingerprint density at radius 1 is 1.46 bits per heavy atom. The summed E-state index contributed by atoms with van der Waals surface area (Å²) < 4.78 is 4.93. The second-order valence-electron chi connectivity index (χ2n) is 2.82. The zero-order chi connectivity index (χ0) is 9.84. The Morgan fingerprint density at radius 3 is 2.69 bits per heavy atom. The topological polar surface area (TPSA) is 38.3 Å². The van der Waals surface area contributed by atoms with Crippen molar-refractivity contribution < 1.29 is 9.53 Å². The zero-order valence-corrected chi connectivity index (χ0v) is 8.05. The summed E-state index contributed by atoms with van der Waals surface area (Å²) in [6, 6.07) is 5.48. The van der Waals surface area contributed by atoms with E-state index in [1.807, 2.05) is 20.0 Å². The van der Waals surface area contributed by atoms with Crippen LogP contribution in [-0.2, 0) is 4.79 Å². The Kier molecular flexibility index (Phi) is 2.90. The molecule has 70 valence electrons. The Labute approximate surface area is 77.7 Å². The van der Waals surface area contributed by atoms with Gasteiger partial charge in [-0.05, 0) is 18.6 Å². The van der Waals surface area contributed by atoms with Crippen LogP contribution in [0.4, 0.5) is 5.69 Å². The van der Waals surface area contributed by atoms with Crippen molar-refractivity contribution in [2.24, 2.45) is 0 Å². The number of benzene rings is 1. The maximum Gasteiger partial charge on any atom is 0.308 e. The molecular weight excluding hydrogens is 166 g/mol. The van der Waals surface area contributed by atoms with E-state index >= 15 is 0 Å². The summed E-state index contributed by atoms with van der Waals surface area (Å²) in [4.78, 5) is 10.7. The number of hydrogen-bond acceptors (Lipinski definition) is 3. The fraction of sp³-hybridized carbons (Fsp3) is 0.300. The van der Waals surface area contributed by atoms with Crippen LogP contribution in [0.25, 0.3) is 0 Å². The van der Waals surface area contributed by atoms with Gasteiger partial charge in [-0.1, -0.05) is 6.07 Å². The van der Waals surface area contributed by atoms with Crippen LogP contribution in [0.1, 0.15) is 12.5 Å². The van der Waals surface area contributed by atoms with Crippen LogP contribution in [-0.4, -0.2) is 13.0 Å². The van der Waals surface area contributed by atoms with Crippen molar-refractivity contribution in [2.75, 3.05) is 12.4 Å². The molecule has 0 aromatic heterocycles. The number of aryl methyl sites for hydroxylation is 1. The molecule has 0 atom stereocenters. The average Bonchev–Trinajstić information content (AvgIpc) is 2.07. The highest BCUT2D eigenvalue weighted by molar-refractivity contribution is 5.70. The highest BCUT2D eigenvalue weighted by Crippen LogP contribution is 2.21. The van der Waals surface area contributed by atoms with E-state index in [-0.39, 0.29) is 5.97 Å². The van der Waals surface area contributed by atoms with Crippen LogP contribution in [0.15, 0.2) is 18.2 Å². The Bertz CT molecular complexity index is 321. The molecule has 0 bridgehead atoms. The van der Waals surface area contributed by atoms with E-state index in [0.29, 0.717) is 5.75 Å². The van der Waals surface area contributed by atoms with Gasteiger partial charge in [0, 0.05) is 25.7 Å². The van der Waals surface area contributed by atoms with Crippen molar-refractivity contribution in [3.8, 4) is 5.75 Å². The first-order chi connectivity index (χ1) is 6.13. The van der Waals surface area contributed by atoms with Gasteiger partial charge in [0.05, 0.1) is 0 Å². The lowest BCUT2D eigenvalue weighted by Crippen LogP contribution is -2.02. The van der Waals surface area contributed by atoms with Crippen molar-refractivity contribution in [1.82, 2.24) is 0 Å². The Morgan fingerprint density at radius 2 is 2.15 bits per heavy atom. The molecule has 0 saturated carbocycles. The van der Waals surface area contributed by atoms with E-state index in [1.165, 1.54) is 6.92 Å². The lowest BCUT2D eigenvalue weighted by molar-refractivity contribution is -0.131. The fourth-order valence-electron chi connectivity index (χ4n) is 1.10. The molecule has 0 unspecified atom stereocenters. The maximum atomic E-state index is 10.7. The summed E-state index contributed by atoms with van der Waals surface area (Å²) in [6.45, 7) is 3.38. The van der Waals surface area contributed by atoms with Gasteiger partial charge in [0.15, 0.2) is 0 Å². The van der Waals surface area contributed by atoms with Gasteiger partial charge in [0.1, 0.15) is 5.75 Å². The number of hydrogen-bond donors (Lipinski definition) is 1. The largest absolute Gasteiger partial charge is 0.427 e. The third kappa shape index (κ3) is 2.47. The van der Waals surface area contributed by atoms with Gasteiger partial charge in [-0.15, -0.1) is 0 Å². The van der Waals surface area contributed by atoms with Crippen LogP contribution in [0.3, 0.4) is 0 Å². The van der Waals surface area contributed by atoms with Gasteiger partial charge in [-0.3, -0.25) is 4.79 Å². The van der Waals surface area contributed by atoms with Gasteiger partial charge in [-0.2, -0.15) is 0 Å². The van der Waals surface area contributed by atoms with Gasteiger partial charge in [-0.25, -0.2) is 0 Å². The molecule has 0 heterocycles. The quantitative estimate of drug-likeness (QED) is 0.557. The Hall–Kier alpha value is -1.51. The van der Waals surface area contributed by atoms with E-state index < -0.39 is 0 Å². The predicted molar refractivity (Wildman–Crippen MR) is 52.0 cm³/mol. The molecule has 0 fully saturated rings. The molecule has 1 aromatic carbocycles. The predicted octanol–water partition coefficient (Wildman–Crippen LogP) is 1.96. The number of carbonyl (C=O) groups is 1. The molecule has 0 aliphatic carbocycles. The van der Waals surface area contributed by atoms with Gasteiger partial charge in [0.25, 0.3) is 0 Å². The zero-order valence-electron chi connectivity index (χ0n) is 8.05. The lowest BCUT2D eigenvalue weighted by Gasteiger charge is -2.07. The van der Waals surface area contributed by atoms with Crippen LogP contribution < -0.4 is 10.1 Å². The number of nitrogens with one attached hydrogen (secondary N) is 1. The molecule has 0 radical (unpaired) electrons. The van der Waals surface area contributed by atoms with Crippen LogP contribution in [0, 0.1) is 6.92 Å². The first kappa shape index (κ1) is 9.58. The van der Waals surface area contributed by atoms with Crippen molar-refractivity contribution in [2.45, 2.75) is 13.8 Å². The smallest absolute Gasteiger partial charge is 0.308 e. The van der Waals surface area contributed by atoms with E-state index in [4.69, 9.17) is 4.74 Å². The number of carbonyl (C=O) groups excluding carboxylic acids is 1. The van der Waals surface area contributed by atoms with Crippen molar-refractivity contribution in [3.05, 3.63) is 23.8 Å². The maximum absolute atomic E-state index is 10.7. The van der Waals surface area contributed by atoms with E-state index in [0.717, 1.165) is 11.3 Å². The summed E-state index contributed by atoms with van der Waals surface area (Å²) in [5.41, 5.74) is 2.09. The molecule has 1 rings (SSSR count). The van der Waals surface area contributed by atoms with Gasteiger partial charge < -0.3 is 10.1 Å². The molecule has 3 heteroatoms. The molecule has 13 heavy (non-hydrogen) atoms. The Balaban J connectivity index is 2.92. The second kappa shape index (κ2) is 3.94. The van der Waals surface area contributed by atoms with Crippen LogP contribution in [0.2, 0.25) is 0 Å². The van der Waals surface area contributed by atoms with Gasteiger partial charge in [0.2, 0.25) is 0 Å². The normalized spacial score (nSPS) is 9.46. The van der Waals surface area contributed by atoms with Gasteiger partial charge >= 0.3 is 5.97 Å². The number of esters is 1. The molecule has 1 N–H and O–H groups in total. The first-order valence-electron chi connectivity index (χ1n) is 4.10. The third-order valence-electron chi connectivity index (χ3n) is 1.74.